The van der Waals surface area contributed by atoms with E-state index in [0.717, 1.165) is 5.69 Å². The number of nitrogens with two attached hydrogens (primary N) is 1. The summed E-state index contributed by atoms with van der Waals surface area (Å²) < 4.78 is 1.77. The van der Waals surface area contributed by atoms with Crippen LogP contribution >= 0.6 is 0 Å². The van der Waals surface area contributed by atoms with Gasteiger partial charge in [-0.2, -0.15) is 5.10 Å². The third kappa shape index (κ3) is 4.30. The molecule has 2 heterocycles. The van der Waals surface area contributed by atoms with Crippen LogP contribution in [0.3, 0.4) is 0 Å². The molecule has 1 aliphatic heterocycles. The molecule has 0 aliphatic carbocycles. The van der Waals surface area contributed by atoms with Gasteiger partial charge in [-0.3, -0.25) is 19.1 Å². The van der Waals surface area contributed by atoms with Crippen molar-refractivity contribution >= 4 is 17.7 Å². The first-order chi connectivity index (χ1) is 10.9. The lowest BCUT2D eigenvalue weighted by molar-refractivity contribution is -0.133. The molecule has 0 aromatic carbocycles. The van der Waals surface area contributed by atoms with Crippen LogP contribution in [0.1, 0.15) is 19.0 Å². The standard InChI is InChI=1S/C15H23N5O3/c1-11-3-5-17-20(11)6-4-14(22)19-8-7-18(12(2)21)9-13(10-19)15(16)23/h3,5,13H,4,6-10H2,1-2H3,(H2,16,23). The number of amides is 3. The molecule has 3 amide bonds. The van der Waals surface area contributed by atoms with E-state index in [0.29, 0.717) is 26.1 Å². The lowest BCUT2D eigenvalue weighted by Gasteiger charge is -2.22. The zero-order valence-electron chi connectivity index (χ0n) is 13.6. The highest BCUT2D eigenvalue weighted by atomic mass is 16.2. The van der Waals surface area contributed by atoms with Crippen LogP contribution in [-0.2, 0) is 20.9 Å². The monoisotopic (exact) mass is 321 g/mol. The highest BCUT2D eigenvalue weighted by Gasteiger charge is 2.29. The van der Waals surface area contributed by atoms with Crippen LogP contribution in [0.4, 0.5) is 0 Å². The van der Waals surface area contributed by atoms with Crippen molar-refractivity contribution in [3.8, 4) is 0 Å². The van der Waals surface area contributed by atoms with E-state index in [1.165, 1.54) is 6.92 Å². The molecular formula is C15H23N5O3. The van der Waals surface area contributed by atoms with E-state index in [4.69, 9.17) is 5.73 Å². The van der Waals surface area contributed by atoms with Gasteiger partial charge in [0.1, 0.15) is 0 Å². The topological polar surface area (TPSA) is 102 Å². The summed E-state index contributed by atoms with van der Waals surface area (Å²) in [4.78, 5) is 38.8. The first kappa shape index (κ1) is 17.0. The molecule has 0 radical (unpaired) electrons. The Morgan fingerprint density at radius 1 is 1.26 bits per heavy atom. The molecule has 2 N–H and O–H groups in total. The Kier molecular flexibility index (Phi) is 5.36. The number of carbonyl (C=O) groups is 3. The maximum atomic E-state index is 12.4. The average Bonchev–Trinajstić information content (AvgIpc) is 2.76. The Labute approximate surface area is 135 Å². The van der Waals surface area contributed by atoms with Crippen molar-refractivity contribution < 1.29 is 14.4 Å². The molecule has 0 spiro atoms. The maximum absolute atomic E-state index is 12.4. The van der Waals surface area contributed by atoms with Gasteiger partial charge in [0.15, 0.2) is 0 Å². The highest BCUT2D eigenvalue weighted by molar-refractivity contribution is 5.81. The predicted octanol–water partition coefficient (Wildman–Crippen LogP) is -0.626. The number of aryl methyl sites for hydroxylation is 2. The minimum absolute atomic E-state index is 0.0587. The van der Waals surface area contributed by atoms with Gasteiger partial charge in [0.25, 0.3) is 0 Å². The van der Waals surface area contributed by atoms with Crippen molar-refractivity contribution in [1.29, 1.82) is 0 Å². The molecule has 1 aliphatic rings. The number of aromatic nitrogens is 2. The number of rotatable bonds is 4. The van der Waals surface area contributed by atoms with Crippen LogP contribution in [0.25, 0.3) is 0 Å². The summed E-state index contributed by atoms with van der Waals surface area (Å²) >= 11 is 0. The number of carbonyl (C=O) groups excluding carboxylic acids is 3. The van der Waals surface area contributed by atoms with Crippen LogP contribution in [0.15, 0.2) is 12.3 Å². The smallest absolute Gasteiger partial charge is 0.224 e. The summed E-state index contributed by atoms with van der Waals surface area (Å²) in [6, 6.07) is 1.88. The quantitative estimate of drug-likeness (QED) is 0.798. The fourth-order valence-electron chi connectivity index (χ4n) is 2.70. The summed E-state index contributed by atoms with van der Waals surface area (Å²) in [5.74, 6) is -1.19. The zero-order valence-corrected chi connectivity index (χ0v) is 13.6. The molecule has 8 heteroatoms. The maximum Gasteiger partial charge on any atom is 0.224 e. The predicted molar refractivity (Wildman–Crippen MR) is 83.1 cm³/mol. The van der Waals surface area contributed by atoms with Crippen LogP contribution in [0.5, 0.6) is 0 Å². The summed E-state index contributed by atoms with van der Waals surface area (Å²) in [6.45, 7) is 5.24. The molecule has 126 valence electrons. The highest BCUT2D eigenvalue weighted by Crippen LogP contribution is 2.12. The Morgan fingerprint density at radius 2 is 1.91 bits per heavy atom. The molecule has 1 unspecified atom stereocenters. The molecular weight excluding hydrogens is 298 g/mol. The number of hydrogen-bond acceptors (Lipinski definition) is 4. The van der Waals surface area contributed by atoms with Crippen molar-refractivity contribution in [3.63, 3.8) is 0 Å². The van der Waals surface area contributed by atoms with Gasteiger partial charge in [-0.05, 0) is 13.0 Å². The Morgan fingerprint density at radius 3 is 2.48 bits per heavy atom. The number of nitrogens with zero attached hydrogens (tertiary/aromatic N) is 4. The van der Waals surface area contributed by atoms with Crippen LogP contribution < -0.4 is 5.73 Å². The van der Waals surface area contributed by atoms with Gasteiger partial charge in [0, 0.05) is 58.0 Å². The van der Waals surface area contributed by atoms with Crippen molar-refractivity contribution in [2.24, 2.45) is 11.7 Å². The molecule has 0 bridgehead atoms. The molecule has 0 saturated carbocycles. The summed E-state index contributed by atoms with van der Waals surface area (Å²) in [5.41, 5.74) is 6.40. The van der Waals surface area contributed by atoms with Crippen molar-refractivity contribution in [3.05, 3.63) is 18.0 Å². The first-order valence-electron chi connectivity index (χ1n) is 7.69. The summed E-state index contributed by atoms with van der Waals surface area (Å²) in [5, 5.41) is 4.15. The molecule has 1 atom stereocenters. The molecule has 2 rings (SSSR count). The molecule has 1 fully saturated rings. The van der Waals surface area contributed by atoms with Gasteiger partial charge in [0.2, 0.25) is 17.7 Å². The summed E-state index contributed by atoms with van der Waals surface area (Å²) in [6.07, 6.45) is 1.99. The van der Waals surface area contributed by atoms with Gasteiger partial charge in [-0.25, -0.2) is 0 Å². The van der Waals surface area contributed by atoms with Gasteiger partial charge in [0.05, 0.1) is 5.92 Å². The SMILES string of the molecule is CC(=O)N1CCN(C(=O)CCn2nccc2C)CC(C(N)=O)C1. The molecule has 1 aromatic heterocycles. The first-order valence-corrected chi connectivity index (χ1v) is 7.69. The Bertz CT molecular complexity index is 598. The van der Waals surface area contributed by atoms with Gasteiger partial charge >= 0.3 is 0 Å². The fraction of sp³-hybridized carbons (Fsp3) is 0.600. The summed E-state index contributed by atoms with van der Waals surface area (Å²) in [7, 11) is 0. The van der Waals surface area contributed by atoms with Crippen molar-refractivity contribution in [2.75, 3.05) is 26.2 Å². The molecule has 8 nitrogen and oxygen atoms in total. The normalized spacial score (nSPS) is 18.6. The minimum Gasteiger partial charge on any atom is -0.369 e. The molecule has 1 saturated heterocycles. The van der Waals surface area contributed by atoms with E-state index in [1.807, 2.05) is 13.0 Å². The van der Waals surface area contributed by atoms with E-state index < -0.39 is 11.8 Å². The van der Waals surface area contributed by atoms with Crippen molar-refractivity contribution in [2.45, 2.75) is 26.8 Å². The van der Waals surface area contributed by atoms with E-state index >= 15 is 0 Å². The number of primary amides is 1. The van der Waals surface area contributed by atoms with Crippen molar-refractivity contribution in [1.82, 2.24) is 19.6 Å². The second kappa shape index (κ2) is 7.26. The third-order valence-electron chi connectivity index (χ3n) is 4.19. The number of hydrogen-bond donors (Lipinski definition) is 1. The largest absolute Gasteiger partial charge is 0.369 e. The average molecular weight is 321 g/mol. The second-order valence-electron chi connectivity index (χ2n) is 5.85. The Hall–Kier alpha value is -2.38. The van der Waals surface area contributed by atoms with Crippen LogP contribution in [-0.4, -0.2) is 63.5 Å². The molecule has 1 aromatic rings. The van der Waals surface area contributed by atoms with E-state index in [-0.39, 0.29) is 24.9 Å². The van der Waals surface area contributed by atoms with Gasteiger partial charge in [-0.15, -0.1) is 0 Å². The second-order valence-corrected chi connectivity index (χ2v) is 5.85. The minimum atomic E-state index is -0.531. The van der Waals surface area contributed by atoms with E-state index in [2.05, 4.69) is 5.10 Å². The van der Waals surface area contributed by atoms with Gasteiger partial charge < -0.3 is 15.5 Å². The third-order valence-corrected chi connectivity index (χ3v) is 4.19. The fourth-order valence-corrected chi connectivity index (χ4v) is 2.70. The van der Waals surface area contributed by atoms with Gasteiger partial charge in [-0.1, -0.05) is 0 Å². The lowest BCUT2D eigenvalue weighted by Crippen LogP contribution is -2.41. The molecule has 23 heavy (non-hydrogen) atoms. The zero-order chi connectivity index (χ0) is 17.0. The lowest BCUT2D eigenvalue weighted by atomic mass is 10.1. The van der Waals surface area contributed by atoms with Crippen LogP contribution in [0.2, 0.25) is 0 Å². The van der Waals surface area contributed by atoms with E-state index in [9.17, 15) is 14.4 Å². The van der Waals surface area contributed by atoms with Crippen LogP contribution in [0, 0.1) is 12.8 Å². The Balaban J connectivity index is 1.99. The van der Waals surface area contributed by atoms with E-state index in [1.54, 1.807) is 20.7 Å².